The van der Waals surface area contributed by atoms with Gasteiger partial charge < -0.3 is 5.73 Å². The summed E-state index contributed by atoms with van der Waals surface area (Å²) in [6.07, 6.45) is 3.43. The van der Waals surface area contributed by atoms with Gasteiger partial charge in [0.1, 0.15) is 0 Å². The molecule has 2 N–H and O–H groups in total. The number of thiazole rings is 1. The van der Waals surface area contributed by atoms with E-state index in [0.717, 1.165) is 21.8 Å². The molecule has 2 aromatic heterocycles. The van der Waals surface area contributed by atoms with Crippen molar-refractivity contribution in [2.75, 3.05) is 0 Å². The predicted molar refractivity (Wildman–Crippen MR) is 77.5 cm³/mol. The van der Waals surface area contributed by atoms with Gasteiger partial charge in [-0.1, -0.05) is 0 Å². The molecule has 0 radical (unpaired) electrons. The van der Waals surface area contributed by atoms with Crippen LogP contribution in [0.15, 0.2) is 21.3 Å². The first-order valence-corrected chi connectivity index (χ1v) is 8.15. The summed E-state index contributed by atoms with van der Waals surface area (Å²) < 4.78 is 1.16. The molecule has 2 heterocycles. The second-order valence-electron chi connectivity index (χ2n) is 4.53. The molecule has 2 nitrogen and oxygen atoms in total. The van der Waals surface area contributed by atoms with Crippen molar-refractivity contribution in [3.8, 4) is 10.6 Å². The summed E-state index contributed by atoms with van der Waals surface area (Å²) in [6, 6.07) is 4.63. The van der Waals surface area contributed by atoms with Crippen molar-refractivity contribution < 1.29 is 0 Å². The van der Waals surface area contributed by atoms with Gasteiger partial charge in [0.2, 0.25) is 0 Å². The summed E-state index contributed by atoms with van der Waals surface area (Å²) in [6.45, 7) is 0. The third kappa shape index (κ3) is 2.62. The lowest BCUT2D eigenvalue weighted by Gasteiger charge is -2.31. The summed E-state index contributed by atoms with van der Waals surface area (Å²) >= 11 is 6.99. The predicted octanol–water partition coefficient (Wildman–Crippen LogP) is 3.91. The fraction of sp³-hybridized carbons (Fsp3) is 0.417. The maximum atomic E-state index is 5.80. The first-order valence-electron chi connectivity index (χ1n) is 5.66. The van der Waals surface area contributed by atoms with Gasteiger partial charge in [-0.15, -0.1) is 22.7 Å². The molecule has 1 aliphatic rings. The number of halogens is 1. The first kappa shape index (κ1) is 11.8. The smallest absolute Gasteiger partial charge is 0.0935 e. The Balaban J connectivity index is 1.70. The van der Waals surface area contributed by atoms with Crippen molar-refractivity contribution in [2.45, 2.75) is 25.3 Å². The van der Waals surface area contributed by atoms with E-state index in [2.05, 4.69) is 33.4 Å². The van der Waals surface area contributed by atoms with Crippen molar-refractivity contribution in [1.29, 1.82) is 0 Å². The number of nitrogens with two attached hydrogens (primary N) is 1. The minimum atomic E-state index is 0.438. The highest BCUT2D eigenvalue weighted by molar-refractivity contribution is 9.11. The largest absolute Gasteiger partial charge is 0.328 e. The van der Waals surface area contributed by atoms with E-state index in [0.29, 0.717) is 6.04 Å². The van der Waals surface area contributed by atoms with Gasteiger partial charge in [-0.2, -0.15) is 0 Å². The highest BCUT2D eigenvalue weighted by Crippen LogP contribution is 2.34. The molecule has 0 unspecified atom stereocenters. The lowest BCUT2D eigenvalue weighted by Crippen LogP contribution is -2.37. The van der Waals surface area contributed by atoms with E-state index >= 15 is 0 Å². The van der Waals surface area contributed by atoms with Crippen molar-refractivity contribution in [2.24, 2.45) is 11.7 Å². The summed E-state index contributed by atoms with van der Waals surface area (Å²) in [4.78, 5) is 5.95. The van der Waals surface area contributed by atoms with Crippen LogP contribution in [0.2, 0.25) is 0 Å². The summed E-state index contributed by atoms with van der Waals surface area (Å²) in [5.41, 5.74) is 6.92. The van der Waals surface area contributed by atoms with Gasteiger partial charge >= 0.3 is 0 Å². The van der Waals surface area contributed by atoms with Crippen LogP contribution in [-0.4, -0.2) is 11.0 Å². The number of thiophene rings is 1. The van der Waals surface area contributed by atoms with Crippen molar-refractivity contribution in [1.82, 2.24) is 4.98 Å². The van der Waals surface area contributed by atoms with Crippen LogP contribution >= 0.6 is 38.6 Å². The van der Waals surface area contributed by atoms with Crippen molar-refractivity contribution in [3.63, 3.8) is 0 Å². The van der Waals surface area contributed by atoms with E-state index in [1.54, 1.807) is 22.7 Å². The highest BCUT2D eigenvalue weighted by atomic mass is 79.9. The van der Waals surface area contributed by atoms with Gasteiger partial charge in [0.25, 0.3) is 0 Å². The van der Waals surface area contributed by atoms with Crippen LogP contribution in [0.1, 0.15) is 17.8 Å². The van der Waals surface area contributed by atoms with Crippen molar-refractivity contribution >= 4 is 38.6 Å². The van der Waals surface area contributed by atoms with Crippen LogP contribution in [0.25, 0.3) is 10.6 Å². The number of hydrogen-bond donors (Lipinski definition) is 1. The summed E-state index contributed by atoms with van der Waals surface area (Å²) in [5, 5.41) is 3.41. The lowest BCUT2D eigenvalue weighted by molar-refractivity contribution is 0.264. The molecule has 0 spiro atoms. The van der Waals surface area contributed by atoms with Crippen LogP contribution in [-0.2, 0) is 6.42 Å². The van der Waals surface area contributed by atoms with E-state index in [-0.39, 0.29) is 0 Å². The summed E-state index contributed by atoms with van der Waals surface area (Å²) in [5.74, 6) is 0.763. The minimum Gasteiger partial charge on any atom is -0.328 e. The zero-order chi connectivity index (χ0) is 11.8. The van der Waals surface area contributed by atoms with Gasteiger partial charge in [0.15, 0.2) is 0 Å². The third-order valence-corrected chi connectivity index (χ3v) is 5.63. The van der Waals surface area contributed by atoms with E-state index in [1.165, 1.54) is 22.7 Å². The molecule has 3 rings (SSSR count). The number of aromatic nitrogens is 1. The fourth-order valence-electron chi connectivity index (χ4n) is 2.17. The Labute approximate surface area is 117 Å². The zero-order valence-electron chi connectivity index (χ0n) is 9.23. The molecule has 2 aromatic rings. The molecule has 1 saturated carbocycles. The normalized spacial score (nSPS) is 23.6. The van der Waals surface area contributed by atoms with E-state index < -0.39 is 0 Å². The van der Waals surface area contributed by atoms with Crippen LogP contribution in [0.3, 0.4) is 0 Å². The molecule has 0 aliphatic heterocycles. The molecular weight excluding hydrogens is 316 g/mol. The SMILES string of the molecule is NC1CC(Cc2nc(-c3ccc(Br)s3)cs2)C1. The zero-order valence-corrected chi connectivity index (χ0v) is 12.4. The molecule has 1 aliphatic carbocycles. The molecule has 17 heavy (non-hydrogen) atoms. The number of hydrogen-bond acceptors (Lipinski definition) is 4. The maximum absolute atomic E-state index is 5.80. The average molecular weight is 329 g/mol. The molecule has 0 atom stereocenters. The third-order valence-electron chi connectivity index (χ3n) is 3.11. The molecule has 5 heteroatoms. The molecule has 0 saturated heterocycles. The van der Waals surface area contributed by atoms with Crippen LogP contribution in [0.4, 0.5) is 0 Å². The molecule has 0 amide bonds. The van der Waals surface area contributed by atoms with E-state index in [9.17, 15) is 0 Å². The Morgan fingerprint density at radius 2 is 2.24 bits per heavy atom. The Morgan fingerprint density at radius 1 is 1.41 bits per heavy atom. The molecule has 90 valence electrons. The molecule has 0 bridgehead atoms. The first-order chi connectivity index (χ1) is 8.20. The van der Waals surface area contributed by atoms with E-state index in [1.807, 2.05) is 0 Å². The monoisotopic (exact) mass is 328 g/mol. The number of nitrogens with zero attached hydrogens (tertiary/aromatic N) is 1. The Kier molecular flexibility index (Phi) is 3.34. The van der Waals surface area contributed by atoms with Gasteiger partial charge in [0.05, 0.1) is 19.4 Å². The molecule has 1 fully saturated rings. The standard InChI is InChI=1S/C12H13BrN2S2/c13-11-2-1-10(17-11)9-6-16-12(15-9)5-7-3-8(14)4-7/h1-2,6-8H,3-5,14H2. The van der Waals surface area contributed by atoms with Gasteiger partial charge in [-0.3, -0.25) is 0 Å². The van der Waals surface area contributed by atoms with Crippen LogP contribution in [0.5, 0.6) is 0 Å². The lowest BCUT2D eigenvalue weighted by atomic mass is 9.79. The maximum Gasteiger partial charge on any atom is 0.0935 e. The van der Waals surface area contributed by atoms with Gasteiger partial charge in [0, 0.05) is 17.8 Å². The van der Waals surface area contributed by atoms with Crippen LogP contribution < -0.4 is 5.73 Å². The Morgan fingerprint density at radius 3 is 2.88 bits per heavy atom. The van der Waals surface area contributed by atoms with Gasteiger partial charge in [-0.05, 0) is 46.8 Å². The second-order valence-corrected chi connectivity index (χ2v) is 7.94. The fourth-order valence-corrected chi connectivity index (χ4v) is 4.50. The quantitative estimate of drug-likeness (QED) is 0.927. The van der Waals surface area contributed by atoms with Gasteiger partial charge in [-0.25, -0.2) is 4.98 Å². The van der Waals surface area contributed by atoms with Crippen LogP contribution in [0, 0.1) is 5.92 Å². The summed E-state index contributed by atoms with van der Waals surface area (Å²) in [7, 11) is 0. The second kappa shape index (κ2) is 4.80. The topological polar surface area (TPSA) is 38.9 Å². The molecular formula is C12H13BrN2S2. The molecule has 0 aromatic carbocycles. The van der Waals surface area contributed by atoms with E-state index in [4.69, 9.17) is 10.7 Å². The minimum absolute atomic E-state index is 0.438. The van der Waals surface area contributed by atoms with Crippen molar-refractivity contribution in [3.05, 3.63) is 26.3 Å². The Hall–Kier alpha value is -0.230. The highest BCUT2D eigenvalue weighted by Gasteiger charge is 2.26. The Bertz CT molecular complexity index is 514. The average Bonchev–Trinajstić information content (AvgIpc) is 2.84. The number of rotatable bonds is 3.